The number of rotatable bonds is 5. The van der Waals surface area contributed by atoms with E-state index in [0.717, 1.165) is 0 Å². The highest BCUT2D eigenvalue weighted by Crippen LogP contribution is 2.70. The van der Waals surface area contributed by atoms with Gasteiger partial charge in [0, 0.05) is 12.6 Å². The van der Waals surface area contributed by atoms with Gasteiger partial charge < -0.3 is 4.74 Å². The van der Waals surface area contributed by atoms with Crippen LogP contribution in [0.15, 0.2) is 36.5 Å². The smallest absolute Gasteiger partial charge is 0.417 e. The van der Waals surface area contributed by atoms with Gasteiger partial charge in [0.05, 0.1) is 26.9 Å². The number of alkyl halides is 8. The first kappa shape index (κ1) is 28.4. The van der Waals surface area contributed by atoms with E-state index < -0.39 is 81.2 Å². The van der Waals surface area contributed by atoms with Crippen LogP contribution in [-0.2, 0) is 22.9 Å². The normalized spacial score (nSPS) is 18.4. The quantitative estimate of drug-likeness (QED) is 0.317. The van der Waals surface area contributed by atoms with Crippen molar-refractivity contribution in [3.05, 3.63) is 69.1 Å². The van der Waals surface area contributed by atoms with Gasteiger partial charge in [-0.3, -0.25) is 10.3 Å². The molecule has 1 aliphatic carbocycles. The molecule has 1 aromatic carbocycles. The van der Waals surface area contributed by atoms with Crippen LogP contribution in [0.5, 0.6) is 0 Å². The zero-order valence-corrected chi connectivity index (χ0v) is 20.3. The molecule has 1 saturated carbocycles. The van der Waals surface area contributed by atoms with E-state index in [4.69, 9.17) is 27.9 Å². The molecular formula is C22H11Cl2F8N5O2. The molecule has 1 aliphatic rings. The Morgan fingerprint density at radius 2 is 1.82 bits per heavy atom. The highest BCUT2D eigenvalue weighted by Gasteiger charge is 2.86. The number of hydrogen-bond acceptors (Lipinski definition) is 5. The molecule has 2 aromatic heterocycles. The number of nitrogens with zero attached hydrogens (tertiary/aromatic N) is 4. The molecule has 0 saturated heterocycles. The number of pyridine rings is 1. The van der Waals surface area contributed by atoms with Gasteiger partial charge in [-0.05, 0) is 24.3 Å². The van der Waals surface area contributed by atoms with Gasteiger partial charge >= 0.3 is 18.4 Å². The first-order valence-corrected chi connectivity index (χ1v) is 11.2. The number of anilines is 1. The highest BCUT2D eigenvalue weighted by atomic mass is 35.5. The Hall–Kier alpha value is -3.64. The summed E-state index contributed by atoms with van der Waals surface area (Å²) in [5.41, 5.74) is -9.03. The van der Waals surface area contributed by atoms with Crippen molar-refractivity contribution in [2.45, 2.75) is 36.7 Å². The summed E-state index contributed by atoms with van der Waals surface area (Å²) in [5.74, 6) is -5.70. The molecular weight excluding hydrogens is 589 g/mol. The molecule has 4 rings (SSSR count). The van der Waals surface area contributed by atoms with Crippen molar-refractivity contribution >= 4 is 35.1 Å². The zero-order valence-electron chi connectivity index (χ0n) is 18.8. The fraction of sp³-hybridized carbons (Fsp3) is 0.273. The van der Waals surface area contributed by atoms with Gasteiger partial charge in [-0.2, -0.15) is 36.7 Å². The molecule has 2 heterocycles. The van der Waals surface area contributed by atoms with E-state index in [2.05, 4.69) is 10.1 Å². The lowest BCUT2D eigenvalue weighted by atomic mass is 9.93. The number of nitrogens with one attached hydrogen (secondary N) is 1. The Morgan fingerprint density at radius 1 is 1.15 bits per heavy atom. The molecule has 0 radical (unpaired) electrons. The van der Waals surface area contributed by atoms with E-state index in [1.807, 2.05) is 0 Å². The summed E-state index contributed by atoms with van der Waals surface area (Å²) in [5, 5.41) is 13.0. The number of halogens is 10. The van der Waals surface area contributed by atoms with Crippen LogP contribution in [-0.4, -0.2) is 33.0 Å². The van der Waals surface area contributed by atoms with E-state index >= 15 is 0 Å². The lowest BCUT2D eigenvalue weighted by Gasteiger charge is -2.22. The first-order chi connectivity index (χ1) is 18.0. The second-order valence-corrected chi connectivity index (χ2v) is 8.94. The summed E-state index contributed by atoms with van der Waals surface area (Å²) in [6.45, 7) is -0.535. The average Bonchev–Trinajstić information content (AvgIpc) is 3.27. The third-order valence-electron chi connectivity index (χ3n) is 5.77. The van der Waals surface area contributed by atoms with Crippen molar-refractivity contribution < 1.29 is 44.7 Å². The van der Waals surface area contributed by atoms with E-state index in [1.54, 1.807) is 5.32 Å². The van der Waals surface area contributed by atoms with Gasteiger partial charge in [0.15, 0.2) is 11.1 Å². The SMILES string of the molecule is N#Cc1nn(-c2c(Cl)ccc(C(F)(F)F)c2Cl)c(NC(=O)OCc2ccccn2)c1C1(C(F)(F)F)CC1(F)F. The minimum atomic E-state index is -5.69. The predicted octanol–water partition coefficient (Wildman–Crippen LogP) is 7.05. The van der Waals surface area contributed by atoms with Gasteiger partial charge in [-0.15, -0.1) is 0 Å². The summed E-state index contributed by atoms with van der Waals surface area (Å²) in [6, 6.07) is 6.83. The highest BCUT2D eigenvalue weighted by molar-refractivity contribution is 6.38. The Morgan fingerprint density at radius 3 is 2.33 bits per heavy atom. The van der Waals surface area contributed by atoms with Crippen molar-refractivity contribution in [1.82, 2.24) is 14.8 Å². The van der Waals surface area contributed by atoms with Crippen LogP contribution in [0.3, 0.4) is 0 Å². The van der Waals surface area contributed by atoms with Gasteiger partial charge in [-0.25, -0.2) is 18.3 Å². The van der Waals surface area contributed by atoms with Crippen molar-refractivity contribution in [2.24, 2.45) is 0 Å². The fourth-order valence-electron chi connectivity index (χ4n) is 3.90. The maximum atomic E-state index is 14.4. The standard InChI is InChI=1S/C22H11Cl2F8N5O2/c23-12-5-4-11(21(27,28)29)15(24)16(12)37-17(35-18(38)39-8-10-3-1-2-6-34-10)14(13(7-33)36-37)19(22(30,31)32)9-20(19,25)26/h1-6H,8-9H2,(H,35,38). The predicted molar refractivity (Wildman–Crippen MR) is 119 cm³/mol. The third kappa shape index (κ3) is 4.82. The number of amides is 1. The summed E-state index contributed by atoms with van der Waals surface area (Å²) in [6.07, 6.45) is -12.8. The molecule has 0 spiro atoms. The van der Waals surface area contributed by atoms with E-state index in [-0.39, 0.29) is 10.4 Å². The summed E-state index contributed by atoms with van der Waals surface area (Å²) < 4.78 is 117. The maximum Gasteiger partial charge on any atom is 0.417 e. The van der Waals surface area contributed by atoms with Crippen molar-refractivity contribution in [1.29, 1.82) is 5.26 Å². The van der Waals surface area contributed by atoms with Gasteiger partial charge in [0.2, 0.25) is 0 Å². The minimum absolute atomic E-state index is 0.164. The Kier molecular flexibility index (Phi) is 6.93. The Balaban J connectivity index is 1.93. The van der Waals surface area contributed by atoms with Crippen LogP contribution in [0.25, 0.3) is 5.69 Å². The molecule has 39 heavy (non-hydrogen) atoms. The molecule has 7 nitrogen and oxygen atoms in total. The Bertz CT molecular complexity index is 1480. The summed E-state index contributed by atoms with van der Waals surface area (Å²) in [7, 11) is 0. The van der Waals surface area contributed by atoms with Crippen LogP contribution in [0.4, 0.5) is 45.7 Å². The van der Waals surface area contributed by atoms with Crippen molar-refractivity contribution in [3.63, 3.8) is 0 Å². The van der Waals surface area contributed by atoms with Crippen molar-refractivity contribution in [2.75, 3.05) is 5.32 Å². The van der Waals surface area contributed by atoms with Crippen molar-refractivity contribution in [3.8, 4) is 11.8 Å². The first-order valence-electron chi connectivity index (χ1n) is 10.4. The number of benzene rings is 1. The molecule has 206 valence electrons. The van der Waals surface area contributed by atoms with Crippen LogP contribution >= 0.6 is 23.2 Å². The maximum absolute atomic E-state index is 14.4. The summed E-state index contributed by atoms with van der Waals surface area (Å²) >= 11 is 11.9. The number of ether oxygens (including phenoxy) is 1. The van der Waals surface area contributed by atoms with E-state index in [1.165, 1.54) is 30.5 Å². The lowest BCUT2D eigenvalue weighted by Crippen LogP contribution is -2.36. The number of carbonyl (C=O) groups excluding carboxylic acids is 1. The third-order valence-corrected chi connectivity index (χ3v) is 6.46. The number of aromatic nitrogens is 3. The molecule has 1 N–H and O–H groups in total. The van der Waals surface area contributed by atoms with Gasteiger partial charge in [0.25, 0.3) is 5.92 Å². The van der Waals surface area contributed by atoms with Crippen LogP contribution < -0.4 is 5.32 Å². The number of hydrogen-bond donors (Lipinski definition) is 1. The van der Waals surface area contributed by atoms with Gasteiger partial charge in [0.1, 0.15) is 24.2 Å². The van der Waals surface area contributed by atoms with Crippen LogP contribution in [0.1, 0.15) is 28.9 Å². The number of nitriles is 1. The Labute approximate surface area is 222 Å². The van der Waals surface area contributed by atoms with E-state index in [9.17, 15) is 45.2 Å². The number of carbonyl (C=O) groups is 1. The second-order valence-electron chi connectivity index (χ2n) is 8.16. The fourth-order valence-corrected chi connectivity index (χ4v) is 4.53. The monoisotopic (exact) mass is 599 g/mol. The topological polar surface area (TPSA) is 92.8 Å². The zero-order chi connectivity index (χ0) is 29.0. The molecule has 0 aliphatic heterocycles. The average molecular weight is 600 g/mol. The van der Waals surface area contributed by atoms with E-state index in [0.29, 0.717) is 12.1 Å². The molecule has 1 unspecified atom stereocenters. The van der Waals surface area contributed by atoms with Crippen LogP contribution in [0.2, 0.25) is 10.0 Å². The van der Waals surface area contributed by atoms with Crippen LogP contribution in [0, 0.1) is 11.3 Å². The molecule has 3 aromatic rings. The molecule has 1 amide bonds. The molecule has 0 bridgehead atoms. The molecule has 17 heteroatoms. The largest absolute Gasteiger partial charge is 0.443 e. The summed E-state index contributed by atoms with van der Waals surface area (Å²) in [4.78, 5) is 16.4. The van der Waals surface area contributed by atoms with Gasteiger partial charge in [-0.1, -0.05) is 29.3 Å². The molecule has 1 atom stereocenters. The minimum Gasteiger partial charge on any atom is -0.443 e. The lowest BCUT2D eigenvalue weighted by molar-refractivity contribution is -0.182. The molecule has 1 fully saturated rings. The second kappa shape index (κ2) is 9.53.